The van der Waals surface area contributed by atoms with E-state index < -0.39 is 0 Å². The van der Waals surface area contributed by atoms with Crippen molar-refractivity contribution >= 4 is 11.4 Å². The molecule has 0 amide bonds. The van der Waals surface area contributed by atoms with Gasteiger partial charge in [-0.05, 0) is 74.9 Å². The third-order valence-corrected chi connectivity index (χ3v) is 5.75. The molecule has 0 radical (unpaired) electrons. The van der Waals surface area contributed by atoms with Gasteiger partial charge in [-0.25, -0.2) is 0 Å². The normalized spacial score (nSPS) is 12.3. The summed E-state index contributed by atoms with van der Waals surface area (Å²) in [4.78, 5) is 0. The summed E-state index contributed by atoms with van der Waals surface area (Å²) in [5.74, 6) is 0.314. The Kier molecular flexibility index (Phi) is 10.6. The van der Waals surface area contributed by atoms with E-state index in [9.17, 15) is 20.6 Å². The first-order chi connectivity index (χ1) is 15.5. The molecule has 4 N–H and O–H groups in total. The van der Waals surface area contributed by atoms with E-state index in [-0.39, 0.29) is 11.5 Å². The van der Waals surface area contributed by atoms with Crippen molar-refractivity contribution < 1.29 is 20.6 Å². The van der Waals surface area contributed by atoms with Crippen molar-refractivity contribution in [2.45, 2.75) is 78.1 Å². The van der Waals surface area contributed by atoms with Crippen LogP contribution < -0.4 is 0 Å². The number of unbranched alkanes of at least 4 members (excludes halogenated alkanes) is 7. The maximum atomic E-state index is 10.1. The number of phenolic OH excluding ortho intramolecular Hbond substituents is 2. The van der Waals surface area contributed by atoms with Gasteiger partial charge in [0.05, 0.1) is 11.4 Å². The first-order valence-corrected chi connectivity index (χ1v) is 11.5. The number of oxime groups is 2. The van der Waals surface area contributed by atoms with Gasteiger partial charge in [-0.2, -0.15) is 0 Å². The van der Waals surface area contributed by atoms with Crippen LogP contribution in [0.15, 0.2) is 46.7 Å². The number of hydrogen-bond donors (Lipinski definition) is 4. The van der Waals surface area contributed by atoms with Crippen molar-refractivity contribution in [1.82, 2.24) is 0 Å². The Morgan fingerprint density at radius 2 is 0.938 bits per heavy atom. The highest BCUT2D eigenvalue weighted by atomic mass is 16.4. The number of benzene rings is 2. The highest BCUT2D eigenvalue weighted by Crippen LogP contribution is 2.23. The summed E-state index contributed by atoms with van der Waals surface area (Å²) in [6.45, 7) is 3.82. The Hall–Kier alpha value is -3.02. The highest BCUT2D eigenvalue weighted by Gasteiger charge is 2.11. The van der Waals surface area contributed by atoms with Gasteiger partial charge < -0.3 is 20.6 Å². The molecular formula is C26H36N2O4. The van der Waals surface area contributed by atoms with Crippen molar-refractivity contribution in [3.8, 4) is 11.5 Å². The van der Waals surface area contributed by atoms with Crippen LogP contribution in [0.1, 0.15) is 86.5 Å². The summed E-state index contributed by atoms with van der Waals surface area (Å²) >= 11 is 0. The van der Waals surface area contributed by atoms with Gasteiger partial charge in [0.15, 0.2) is 0 Å². The van der Waals surface area contributed by atoms with Crippen molar-refractivity contribution in [3.63, 3.8) is 0 Å². The third-order valence-electron chi connectivity index (χ3n) is 5.75. The van der Waals surface area contributed by atoms with Crippen LogP contribution in [0, 0.1) is 13.8 Å². The number of nitrogens with zero attached hydrogens (tertiary/aromatic N) is 2. The summed E-state index contributed by atoms with van der Waals surface area (Å²) < 4.78 is 0. The summed E-state index contributed by atoms with van der Waals surface area (Å²) in [6.07, 6.45) is 9.79. The van der Waals surface area contributed by atoms with Crippen LogP contribution in [0.5, 0.6) is 11.5 Å². The SMILES string of the molecule is Cc1ccc(/C(CCCCCCCCCC/C(=N\O)c2ccc(C)cc2O)=N/O)c(O)c1. The lowest BCUT2D eigenvalue weighted by atomic mass is 9.99. The Morgan fingerprint density at radius 3 is 1.25 bits per heavy atom. The molecular weight excluding hydrogens is 404 g/mol. The summed E-state index contributed by atoms with van der Waals surface area (Å²) in [5, 5.41) is 45.5. The Labute approximate surface area is 190 Å². The fraction of sp³-hybridized carbons (Fsp3) is 0.462. The largest absolute Gasteiger partial charge is 0.507 e. The molecule has 32 heavy (non-hydrogen) atoms. The molecule has 174 valence electrons. The molecule has 0 unspecified atom stereocenters. The quantitative estimate of drug-likeness (QED) is 0.121. The number of aromatic hydroxyl groups is 2. The molecule has 0 fully saturated rings. The minimum absolute atomic E-state index is 0.157. The number of hydrogen-bond acceptors (Lipinski definition) is 6. The molecule has 0 atom stereocenters. The second kappa shape index (κ2) is 13.4. The molecule has 0 saturated carbocycles. The average molecular weight is 441 g/mol. The molecule has 0 aliphatic heterocycles. The zero-order valence-electron chi connectivity index (χ0n) is 19.2. The molecule has 0 spiro atoms. The molecule has 2 aromatic carbocycles. The average Bonchev–Trinajstić information content (AvgIpc) is 2.76. The molecule has 6 nitrogen and oxygen atoms in total. The van der Waals surface area contributed by atoms with E-state index in [1.165, 1.54) is 0 Å². The highest BCUT2D eigenvalue weighted by molar-refractivity contribution is 6.03. The van der Waals surface area contributed by atoms with Crippen molar-refractivity contribution in [2.24, 2.45) is 10.3 Å². The van der Waals surface area contributed by atoms with Crippen LogP contribution >= 0.6 is 0 Å². The molecule has 0 heterocycles. The van der Waals surface area contributed by atoms with Crippen molar-refractivity contribution in [1.29, 1.82) is 0 Å². The topological polar surface area (TPSA) is 106 Å². The molecule has 0 aromatic heterocycles. The summed E-state index contributed by atoms with van der Waals surface area (Å²) in [6, 6.07) is 10.8. The van der Waals surface area contributed by atoms with Gasteiger partial charge >= 0.3 is 0 Å². The van der Waals surface area contributed by atoms with E-state index in [0.717, 1.165) is 62.5 Å². The van der Waals surface area contributed by atoms with E-state index in [1.807, 2.05) is 26.0 Å². The zero-order chi connectivity index (χ0) is 23.3. The number of aryl methyl sites for hydroxylation is 2. The van der Waals surface area contributed by atoms with Gasteiger partial charge in [-0.1, -0.05) is 61.0 Å². The Balaban J connectivity index is 1.57. The predicted molar refractivity (Wildman–Crippen MR) is 129 cm³/mol. The minimum atomic E-state index is 0.157. The van der Waals surface area contributed by atoms with Crippen LogP contribution in [-0.2, 0) is 0 Å². The third kappa shape index (κ3) is 7.91. The standard InChI is InChI=1S/C26H36N2O4/c1-19-13-15-21(25(29)17-19)23(27-31)11-9-7-5-3-4-6-8-10-12-24(28-32)22-16-14-20(2)18-26(22)30/h13-18,29-32H,3-12H2,1-2H3/b27-23+,28-24+. The van der Waals surface area contributed by atoms with Crippen LogP contribution in [0.3, 0.4) is 0 Å². The second-order valence-corrected chi connectivity index (χ2v) is 8.46. The van der Waals surface area contributed by atoms with Gasteiger partial charge in [0, 0.05) is 11.1 Å². The van der Waals surface area contributed by atoms with Crippen LogP contribution in [0.4, 0.5) is 0 Å². The Bertz CT molecular complexity index is 847. The molecule has 0 aliphatic carbocycles. The van der Waals surface area contributed by atoms with E-state index in [2.05, 4.69) is 10.3 Å². The maximum Gasteiger partial charge on any atom is 0.125 e. The van der Waals surface area contributed by atoms with Crippen molar-refractivity contribution in [2.75, 3.05) is 0 Å². The fourth-order valence-electron chi connectivity index (χ4n) is 3.89. The maximum absolute atomic E-state index is 10.1. The molecule has 0 bridgehead atoms. The van der Waals surface area contributed by atoms with E-state index in [0.29, 0.717) is 35.4 Å². The lowest BCUT2D eigenvalue weighted by Crippen LogP contribution is -2.02. The van der Waals surface area contributed by atoms with Gasteiger partial charge in [-0.3, -0.25) is 0 Å². The zero-order valence-corrected chi connectivity index (χ0v) is 19.2. The molecule has 6 heteroatoms. The molecule has 2 rings (SSSR count). The summed E-state index contributed by atoms with van der Waals surface area (Å²) in [7, 11) is 0. The minimum Gasteiger partial charge on any atom is -0.507 e. The second-order valence-electron chi connectivity index (χ2n) is 8.46. The molecule has 0 aliphatic rings. The molecule has 0 saturated heterocycles. The smallest absolute Gasteiger partial charge is 0.125 e. The van der Waals surface area contributed by atoms with Gasteiger partial charge in [0.2, 0.25) is 0 Å². The van der Waals surface area contributed by atoms with Crippen LogP contribution in [0.2, 0.25) is 0 Å². The van der Waals surface area contributed by atoms with Gasteiger partial charge in [0.25, 0.3) is 0 Å². The number of rotatable bonds is 13. The van der Waals surface area contributed by atoms with Gasteiger partial charge in [-0.15, -0.1) is 0 Å². The lowest BCUT2D eigenvalue weighted by molar-refractivity contribution is 0.317. The van der Waals surface area contributed by atoms with Crippen LogP contribution in [0.25, 0.3) is 0 Å². The fourth-order valence-corrected chi connectivity index (χ4v) is 3.89. The monoisotopic (exact) mass is 440 g/mol. The van der Waals surface area contributed by atoms with Crippen LogP contribution in [-0.4, -0.2) is 32.1 Å². The summed E-state index contributed by atoms with van der Waals surface area (Å²) in [5.41, 5.74) is 4.20. The predicted octanol–water partition coefficient (Wildman–Crippen LogP) is 6.67. The first-order valence-electron chi connectivity index (χ1n) is 11.5. The number of phenols is 2. The lowest BCUT2D eigenvalue weighted by Gasteiger charge is -2.08. The van der Waals surface area contributed by atoms with E-state index >= 15 is 0 Å². The molecule has 2 aromatic rings. The van der Waals surface area contributed by atoms with E-state index in [1.54, 1.807) is 24.3 Å². The Morgan fingerprint density at radius 1 is 0.594 bits per heavy atom. The first kappa shape index (κ1) is 25.2. The van der Waals surface area contributed by atoms with E-state index in [4.69, 9.17) is 0 Å². The van der Waals surface area contributed by atoms with Gasteiger partial charge in [0.1, 0.15) is 11.5 Å². The van der Waals surface area contributed by atoms with Crippen molar-refractivity contribution in [3.05, 3.63) is 58.7 Å².